The van der Waals surface area contributed by atoms with Gasteiger partial charge in [-0.2, -0.15) is 17.0 Å². The summed E-state index contributed by atoms with van der Waals surface area (Å²) in [6, 6.07) is -0.344. The molecule has 1 aromatic rings. The standard InChI is InChI=1S/C12H18N4O4S2/c1-14(2)22(18,19)16-3-4-20-11-6-15(5-10(11)16)12(17)9-7-21-8-13-9/h7-8,10-11H,3-6H2,1-2H3/t10-,11+/m1/s1. The zero-order valence-corrected chi connectivity index (χ0v) is 14.0. The van der Waals surface area contributed by atoms with E-state index in [0.29, 0.717) is 31.9 Å². The van der Waals surface area contributed by atoms with Crippen LogP contribution in [0.2, 0.25) is 0 Å². The highest BCUT2D eigenvalue weighted by atomic mass is 32.2. The molecule has 0 unspecified atom stereocenters. The first-order chi connectivity index (χ1) is 10.4. The first-order valence-electron chi connectivity index (χ1n) is 6.89. The van der Waals surface area contributed by atoms with Gasteiger partial charge in [0.25, 0.3) is 16.1 Å². The number of hydrogen-bond acceptors (Lipinski definition) is 6. The lowest BCUT2D eigenvalue weighted by molar-refractivity contribution is -0.0174. The Morgan fingerprint density at radius 3 is 2.86 bits per heavy atom. The molecule has 2 aliphatic heterocycles. The third-order valence-corrected chi connectivity index (χ3v) is 6.50. The van der Waals surface area contributed by atoms with E-state index in [1.54, 1.807) is 15.8 Å². The molecule has 0 saturated carbocycles. The summed E-state index contributed by atoms with van der Waals surface area (Å²) in [5, 5.41) is 1.69. The summed E-state index contributed by atoms with van der Waals surface area (Å²) in [7, 11) is -0.508. The molecule has 0 bridgehead atoms. The number of ether oxygens (including phenoxy) is 1. The van der Waals surface area contributed by atoms with E-state index >= 15 is 0 Å². The molecule has 22 heavy (non-hydrogen) atoms. The van der Waals surface area contributed by atoms with Crippen LogP contribution in [0.1, 0.15) is 10.5 Å². The lowest BCUT2D eigenvalue weighted by atomic mass is 10.2. The van der Waals surface area contributed by atoms with E-state index < -0.39 is 10.2 Å². The number of hydrogen-bond donors (Lipinski definition) is 0. The van der Waals surface area contributed by atoms with Crippen molar-refractivity contribution in [3.05, 3.63) is 16.6 Å². The molecule has 1 amide bonds. The van der Waals surface area contributed by atoms with E-state index in [2.05, 4.69) is 4.98 Å². The molecule has 0 spiro atoms. The average molecular weight is 346 g/mol. The molecule has 2 aliphatic rings. The smallest absolute Gasteiger partial charge is 0.281 e. The number of rotatable bonds is 3. The summed E-state index contributed by atoms with van der Waals surface area (Å²) in [4.78, 5) is 18.0. The summed E-state index contributed by atoms with van der Waals surface area (Å²) in [5.41, 5.74) is 2.00. The number of aromatic nitrogens is 1. The van der Waals surface area contributed by atoms with Crippen LogP contribution in [0.15, 0.2) is 10.9 Å². The predicted molar refractivity (Wildman–Crippen MR) is 80.9 cm³/mol. The predicted octanol–water partition coefficient (Wildman–Crippen LogP) is -0.525. The van der Waals surface area contributed by atoms with Gasteiger partial charge in [-0.25, -0.2) is 4.98 Å². The second-order valence-electron chi connectivity index (χ2n) is 5.46. The molecule has 10 heteroatoms. The lowest BCUT2D eigenvalue weighted by Crippen LogP contribution is -2.55. The van der Waals surface area contributed by atoms with Gasteiger partial charge in [0.05, 0.1) is 24.3 Å². The number of carbonyl (C=O) groups excluding carboxylic acids is 1. The van der Waals surface area contributed by atoms with E-state index in [1.165, 1.54) is 34.0 Å². The van der Waals surface area contributed by atoms with Crippen LogP contribution in [-0.4, -0.2) is 85.3 Å². The fourth-order valence-electron chi connectivity index (χ4n) is 2.80. The zero-order chi connectivity index (χ0) is 15.9. The van der Waals surface area contributed by atoms with E-state index in [4.69, 9.17) is 4.74 Å². The van der Waals surface area contributed by atoms with Crippen LogP contribution < -0.4 is 0 Å². The summed E-state index contributed by atoms with van der Waals surface area (Å²) >= 11 is 1.36. The van der Waals surface area contributed by atoms with Crippen molar-refractivity contribution in [1.29, 1.82) is 0 Å². The maximum absolute atomic E-state index is 12.4. The molecule has 2 fully saturated rings. The largest absolute Gasteiger partial charge is 0.373 e. The molecule has 8 nitrogen and oxygen atoms in total. The average Bonchev–Trinajstić information content (AvgIpc) is 3.14. The van der Waals surface area contributed by atoms with E-state index in [9.17, 15) is 13.2 Å². The topological polar surface area (TPSA) is 83.1 Å². The zero-order valence-electron chi connectivity index (χ0n) is 12.4. The van der Waals surface area contributed by atoms with Gasteiger partial charge in [-0.1, -0.05) is 0 Å². The van der Waals surface area contributed by atoms with Crippen molar-refractivity contribution in [3.8, 4) is 0 Å². The molecule has 0 aromatic carbocycles. The highest BCUT2D eigenvalue weighted by Crippen LogP contribution is 2.27. The highest BCUT2D eigenvalue weighted by molar-refractivity contribution is 7.86. The van der Waals surface area contributed by atoms with Gasteiger partial charge in [0.2, 0.25) is 0 Å². The fraction of sp³-hybridized carbons (Fsp3) is 0.667. The molecular weight excluding hydrogens is 328 g/mol. The minimum Gasteiger partial charge on any atom is -0.373 e. The normalized spacial score (nSPS) is 26.4. The van der Waals surface area contributed by atoms with Gasteiger partial charge in [0.1, 0.15) is 5.69 Å². The molecule has 1 aromatic heterocycles. The van der Waals surface area contributed by atoms with Gasteiger partial charge < -0.3 is 9.64 Å². The number of thiazole rings is 1. The van der Waals surface area contributed by atoms with Crippen LogP contribution in [0.4, 0.5) is 0 Å². The Morgan fingerprint density at radius 1 is 1.45 bits per heavy atom. The van der Waals surface area contributed by atoms with Crippen molar-refractivity contribution in [2.45, 2.75) is 12.1 Å². The first-order valence-corrected chi connectivity index (χ1v) is 9.23. The second-order valence-corrected chi connectivity index (χ2v) is 8.27. The van der Waals surface area contributed by atoms with Gasteiger partial charge in [-0.15, -0.1) is 11.3 Å². The van der Waals surface area contributed by atoms with Crippen LogP contribution in [0.25, 0.3) is 0 Å². The second kappa shape index (κ2) is 5.85. The molecule has 0 radical (unpaired) electrons. The first kappa shape index (κ1) is 15.8. The Kier molecular flexibility index (Phi) is 4.21. The summed E-state index contributed by atoms with van der Waals surface area (Å²) in [5.74, 6) is -0.179. The molecule has 0 aliphatic carbocycles. The number of morpholine rings is 1. The number of carbonyl (C=O) groups is 1. The van der Waals surface area contributed by atoms with Gasteiger partial charge in [0.15, 0.2) is 0 Å². The van der Waals surface area contributed by atoms with Crippen LogP contribution in [0, 0.1) is 0 Å². The molecule has 0 N–H and O–H groups in total. The van der Waals surface area contributed by atoms with Crippen molar-refractivity contribution < 1.29 is 17.9 Å². The summed E-state index contributed by atoms with van der Waals surface area (Å²) < 4.78 is 33.1. The minimum atomic E-state index is -3.52. The van der Waals surface area contributed by atoms with Gasteiger partial charge in [-0.3, -0.25) is 4.79 Å². The third-order valence-electron chi connectivity index (χ3n) is 3.95. The SMILES string of the molecule is CN(C)S(=O)(=O)N1CCO[C@H]2CN(C(=O)c3cscn3)C[C@H]21. The molecule has 2 saturated heterocycles. The van der Waals surface area contributed by atoms with Crippen LogP contribution >= 0.6 is 11.3 Å². The van der Waals surface area contributed by atoms with Gasteiger partial charge in [-0.05, 0) is 0 Å². The van der Waals surface area contributed by atoms with E-state index in [0.717, 1.165) is 0 Å². The molecule has 3 rings (SSSR count). The van der Waals surface area contributed by atoms with Crippen molar-refractivity contribution in [1.82, 2.24) is 18.5 Å². The Labute approximate surface area is 133 Å². The lowest BCUT2D eigenvalue weighted by Gasteiger charge is -2.36. The molecule has 3 heterocycles. The van der Waals surface area contributed by atoms with E-state index in [-0.39, 0.29) is 18.1 Å². The Hall–Kier alpha value is -1.07. The Balaban J connectivity index is 1.80. The van der Waals surface area contributed by atoms with Gasteiger partial charge >= 0.3 is 0 Å². The fourth-order valence-corrected chi connectivity index (χ4v) is 4.59. The van der Waals surface area contributed by atoms with Crippen molar-refractivity contribution in [2.75, 3.05) is 40.3 Å². The highest BCUT2D eigenvalue weighted by Gasteiger charge is 2.46. The maximum atomic E-state index is 12.4. The number of amides is 1. The van der Waals surface area contributed by atoms with Crippen LogP contribution in [-0.2, 0) is 14.9 Å². The van der Waals surface area contributed by atoms with Crippen molar-refractivity contribution in [2.24, 2.45) is 0 Å². The monoisotopic (exact) mass is 346 g/mol. The Morgan fingerprint density at radius 2 is 2.23 bits per heavy atom. The number of likely N-dealkylation sites (tertiary alicyclic amines) is 1. The maximum Gasteiger partial charge on any atom is 0.281 e. The molecule has 2 atom stereocenters. The Bertz CT molecular complexity index is 646. The summed E-state index contributed by atoms with van der Waals surface area (Å²) in [6.07, 6.45) is -0.286. The summed E-state index contributed by atoms with van der Waals surface area (Å²) in [6.45, 7) is 1.36. The number of fused-ring (bicyclic) bond motifs is 1. The van der Waals surface area contributed by atoms with Crippen LogP contribution in [0.3, 0.4) is 0 Å². The van der Waals surface area contributed by atoms with E-state index in [1.807, 2.05) is 0 Å². The van der Waals surface area contributed by atoms with Crippen LogP contribution in [0.5, 0.6) is 0 Å². The number of nitrogens with zero attached hydrogens (tertiary/aromatic N) is 4. The van der Waals surface area contributed by atoms with Gasteiger partial charge in [0, 0.05) is 39.1 Å². The van der Waals surface area contributed by atoms with Crippen molar-refractivity contribution in [3.63, 3.8) is 0 Å². The third kappa shape index (κ3) is 2.65. The minimum absolute atomic E-state index is 0.179. The molecular formula is C12H18N4O4S2. The molecule has 122 valence electrons. The quantitative estimate of drug-likeness (QED) is 0.735. The van der Waals surface area contributed by atoms with Crippen molar-refractivity contribution >= 4 is 27.5 Å².